The van der Waals surface area contributed by atoms with Crippen molar-refractivity contribution >= 4 is 5.91 Å². The van der Waals surface area contributed by atoms with E-state index < -0.39 is 0 Å². The fraction of sp³-hybridized carbons (Fsp3) is 0.571. The third-order valence-electron chi connectivity index (χ3n) is 1.06. The van der Waals surface area contributed by atoms with Gasteiger partial charge in [-0.25, -0.2) is 0 Å². The highest BCUT2D eigenvalue weighted by molar-refractivity contribution is 5.75. The standard InChI is InChI=1S/C7H13NO/c1-4-6(3)8-7(9)5-2/h4,6H,1,5H2,2-3H3,(H,8,9). The number of hydrogen-bond acceptors (Lipinski definition) is 1. The Labute approximate surface area is 56.0 Å². The van der Waals surface area contributed by atoms with Crippen LogP contribution >= 0.6 is 0 Å². The number of nitrogens with one attached hydrogen (secondary N) is 1. The minimum atomic E-state index is 0.0717. The highest BCUT2D eigenvalue weighted by atomic mass is 16.1. The van der Waals surface area contributed by atoms with Gasteiger partial charge in [-0.2, -0.15) is 0 Å². The summed E-state index contributed by atoms with van der Waals surface area (Å²) in [6.45, 7) is 7.25. The van der Waals surface area contributed by atoms with E-state index in [0.717, 1.165) is 0 Å². The van der Waals surface area contributed by atoms with Crippen molar-refractivity contribution in [1.82, 2.24) is 5.32 Å². The van der Waals surface area contributed by atoms with E-state index >= 15 is 0 Å². The zero-order valence-electron chi connectivity index (χ0n) is 5.98. The molecule has 0 saturated carbocycles. The number of hydrogen-bond donors (Lipinski definition) is 1. The first-order valence-electron chi connectivity index (χ1n) is 3.12. The molecule has 1 unspecified atom stereocenters. The molecule has 0 aliphatic carbocycles. The number of rotatable bonds is 3. The molecule has 0 aromatic carbocycles. The Morgan fingerprint density at radius 2 is 2.44 bits per heavy atom. The van der Waals surface area contributed by atoms with Crippen molar-refractivity contribution < 1.29 is 4.79 Å². The van der Waals surface area contributed by atoms with Crippen LogP contribution < -0.4 is 5.32 Å². The van der Waals surface area contributed by atoms with Crippen LogP contribution in [0.2, 0.25) is 0 Å². The highest BCUT2D eigenvalue weighted by Gasteiger charge is 1.98. The maximum Gasteiger partial charge on any atom is 0.220 e. The van der Waals surface area contributed by atoms with Gasteiger partial charge < -0.3 is 5.32 Å². The van der Waals surface area contributed by atoms with Crippen LogP contribution in [0.25, 0.3) is 0 Å². The molecule has 1 amide bonds. The second kappa shape index (κ2) is 4.13. The molecule has 2 nitrogen and oxygen atoms in total. The Morgan fingerprint density at radius 1 is 1.89 bits per heavy atom. The van der Waals surface area contributed by atoms with Crippen molar-refractivity contribution in [3.63, 3.8) is 0 Å². The van der Waals surface area contributed by atoms with Gasteiger partial charge in [0.15, 0.2) is 0 Å². The Morgan fingerprint density at radius 3 is 2.78 bits per heavy atom. The highest BCUT2D eigenvalue weighted by Crippen LogP contribution is 1.82. The van der Waals surface area contributed by atoms with Gasteiger partial charge in [0.2, 0.25) is 5.91 Å². The Kier molecular flexibility index (Phi) is 3.76. The molecule has 0 aliphatic heterocycles. The first-order chi connectivity index (χ1) is 4.20. The fourth-order valence-electron chi connectivity index (χ4n) is 0.415. The largest absolute Gasteiger partial charge is 0.350 e. The van der Waals surface area contributed by atoms with Crippen molar-refractivity contribution in [3.05, 3.63) is 12.7 Å². The summed E-state index contributed by atoms with van der Waals surface area (Å²) in [5, 5.41) is 2.72. The summed E-state index contributed by atoms with van der Waals surface area (Å²) in [5.41, 5.74) is 0. The van der Waals surface area contributed by atoms with E-state index in [1.807, 2.05) is 13.8 Å². The molecule has 0 radical (unpaired) electrons. The van der Waals surface area contributed by atoms with Gasteiger partial charge in [0.25, 0.3) is 0 Å². The van der Waals surface area contributed by atoms with E-state index in [2.05, 4.69) is 11.9 Å². The van der Waals surface area contributed by atoms with Gasteiger partial charge in [-0.15, -0.1) is 6.58 Å². The average molecular weight is 127 g/mol. The van der Waals surface area contributed by atoms with E-state index in [-0.39, 0.29) is 11.9 Å². The van der Waals surface area contributed by atoms with E-state index in [4.69, 9.17) is 0 Å². The molecule has 0 bridgehead atoms. The molecule has 0 heterocycles. The van der Waals surface area contributed by atoms with Crippen molar-refractivity contribution in [2.45, 2.75) is 26.3 Å². The predicted octanol–water partition coefficient (Wildman–Crippen LogP) is 1.09. The third kappa shape index (κ3) is 3.76. The summed E-state index contributed by atoms with van der Waals surface area (Å²) in [6, 6.07) is 0.0949. The number of carbonyl (C=O) groups excluding carboxylic acids is 1. The Hall–Kier alpha value is -0.790. The van der Waals surface area contributed by atoms with Crippen molar-refractivity contribution in [2.75, 3.05) is 0 Å². The van der Waals surface area contributed by atoms with Crippen molar-refractivity contribution in [1.29, 1.82) is 0 Å². The third-order valence-corrected chi connectivity index (χ3v) is 1.06. The second-order valence-corrected chi connectivity index (χ2v) is 1.95. The molecule has 0 saturated heterocycles. The van der Waals surface area contributed by atoms with Crippen LogP contribution in [-0.2, 0) is 4.79 Å². The van der Waals surface area contributed by atoms with Gasteiger partial charge in [-0.05, 0) is 6.92 Å². The maximum absolute atomic E-state index is 10.6. The van der Waals surface area contributed by atoms with Crippen molar-refractivity contribution in [3.8, 4) is 0 Å². The van der Waals surface area contributed by atoms with E-state index in [1.54, 1.807) is 6.08 Å². The van der Waals surface area contributed by atoms with Gasteiger partial charge >= 0.3 is 0 Å². The molecular weight excluding hydrogens is 114 g/mol. The summed E-state index contributed by atoms with van der Waals surface area (Å²) < 4.78 is 0. The molecule has 0 rings (SSSR count). The van der Waals surface area contributed by atoms with Gasteiger partial charge in [-0.3, -0.25) is 4.79 Å². The van der Waals surface area contributed by atoms with Crippen LogP contribution in [0.4, 0.5) is 0 Å². The molecule has 0 aliphatic rings. The fourth-order valence-corrected chi connectivity index (χ4v) is 0.415. The summed E-state index contributed by atoms with van der Waals surface area (Å²) in [5.74, 6) is 0.0717. The number of carbonyl (C=O) groups is 1. The minimum absolute atomic E-state index is 0.0717. The monoisotopic (exact) mass is 127 g/mol. The molecule has 52 valence electrons. The lowest BCUT2D eigenvalue weighted by atomic mass is 10.3. The molecule has 0 spiro atoms. The first-order valence-corrected chi connectivity index (χ1v) is 3.12. The molecule has 0 fully saturated rings. The van der Waals surface area contributed by atoms with Gasteiger partial charge in [0.05, 0.1) is 0 Å². The quantitative estimate of drug-likeness (QED) is 0.565. The lowest BCUT2D eigenvalue weighted by Crippen LogP contribution is -2.29. The molecule has 0 aromatic rings. The molecule has 1 atom stereocenters. The summed E-state index contributed by atoms with van der Waals surface area (Å²) in [6.07, 6.45) is 2.24. The molecule has 1 N–H and O–H groups in total. The van der Waals surface area contributed by atoms with Crippen LogP contribution in [0.1, 0.15) is 20.3 Å². The summed E-state index contributed by atoms with van der Waals surface area (Å²) >= 11 is 0. The van der Waals surface area contributed by atoms with Crippen LogP contribution in [-0.4, -0.2) is 11.9 Å². The Bertz CT molecular complexity index is 109. The zero-order valence-corrected chi connectivity index (χ0v) is 5.98. The van der Waals surface area contributed by atoms with Gasteiger partial charge in [0, 0.05) is 12.5 Å². The van der Waals surface area contributed by atoms with E-state index in [9.17, 15) is 4.79 Å². The molecule has 2 heteroatoms. The van der Waals surface area contributed by atoms with Crippen LogP contribution in [0.15, 0.2) is 12.7 Å². The predicted molar refractivity (Wildman–Crippen MR) is 38.1 cm³/mol. The molecule has 0 aromatic heterocycles. The van der Waals surface area contributed by atoms with E-state index in [0.29, 0.717) is 6.42 Å². The average Bonchev–Trinajstić information content (AvgIpc) is 1.87. The Balaban J connectivity index is 3.46. The van der Waals surface area contributed by atoms with Crippen LogP contribution in [0.3, 0.4) is 0 Å². The normalized spacial score (nSPS) is 12.2. The SMILES string of the molecule is C=CC(C)NC(=O)CC. The summed E-state index contributed by atoms with van der Waals surface area (Å²) in [4.78, 5) is 10.6. The summed E-state index contributed by atoms with van der Waals surface area (Å²) in [7, 11) is 0. The topological polar surface area (TPSA) is 29.1 Å². The van der Waals surface area contributed by atoms with Crippen LogP contribution in [0.5, 0.6) is 0 Å². The number of amides is 1. The molecular formula is C7H13NO. The minimum Gasteiger partial charge on any atom is -0.350 e. The lowest BCUT2D eigenvalue weighted by Gasteiger charge is -2.06. The smallest absolute Gasteiger partial charge is 0.220 e. The van der Waals surface area contributed by atoms with Gasteiger partial charge in [0.1, 0.15) is 0 Å². The van der Waals surface area contributed by atoms with Crippen LogP contribution in [0, 0.1) is 0 Å². The maximum atomic E-state index is 10.6. The van der Waals surface area contributed by atoms with Crippen molar-refractivity contribution in [2.24, 2.45) is 0 Å². The first kappa shape index (κ1) is 8.21. The molecule has 9 heavy (non-hydrogen) atoms. The lowest BCUT2D eigenvalue weighted by molar-refractivity contribution is -0.121. The van der Waals surface area contributed by atoms with E-state index in [1.165, 1.54) is 0 Å². The van der Waals surface area contributed by atoms with Gasteiger partial charge in [-0.1, -0.05) is 13.0 Å². The second-order valence-electron chi connectivity index (χ2n) is 1.95. The zero-order chi connectivity index (χ0) is 7.28.